The summed E-state index contributed by atoms with van der Waals surface area (Å²) in [5.41, 5.74) is 0. The van der Waals surface area contributed by atoms with Crippen LogP contribution in [0.3, 0.4) is 0 Å². The maximum absolute atomic E-state index is 11.3. The average Bonchev–Trinajstić information content (AvgIpc) is 2.95. The Balaban J connectivity index is 1.86. The Hall–Kier alpha value is -0.610. The Bertz CT molecular complexity index is 326. The highest BCUT2D eigenvalue weighted by atomic mass is 16.4. The number of carboxylic acid groups (broad SMARTS) is 1. The molecule has 0 aromatic heterocycles. The van der Waals surface area contributed by atoms with Crippen LogP contribution in [0.4, 0.5) is 0 Å². The maximum atomic E-state index is 11.3. The number of piperidine rings is 1. The third-order valence-corrected chi connectivity index (χ3v) is 5.59. The van der Waals surface area contributed by atoms with E-state index in [1.165, 1.54) is 6.42 Å². The van der Waals surface area contributed by atoms with E-state index in [-0.39, 0.29) is 6.04 Å². The summed E-state index contributed by atoms with van der Waals surface area (Å²) in [4.78, 5) is 16.2. The molecule has 2 aliphatic heterocycles. The number of hydrogen-bond acceptors (Lipinski definition) is 3. The molecule has 0 aromatic rings. The van der Waals surface area contributed by atoms with Crippen LogP contribution in [-0.2, 0) is 4.79 Å². The molecule has 116 valence electrons. The van der Waals surface area contributed by atoms with Crippen molar-refractivity contribution in [2.75, 3.05) is 19.6 Å². The summed E-state index contributed by atoms with van der Waals surface area (Å²) in [5, 5.41) is 9.31. The van der Waals surface area contributed by atoms with Crippen molar-refractivity contribution in [3.05, 3.63) is 0 Å². The van der Waals surface area contributed by atoms with Gasteiger partial charge in [-0.05, 0) is 58.2 Å². The zero-order valence-corrected chi connectivity index (χ0v) is 13.2. The van der Waals surface area contributed by atoms with Crippen LogP contribution in [0.1, 0.15) is 52.9 Å². The van der Waals surface area contributed by atoms with Crippen molar-refractivity contribution in [2.45, 2.75) is 71.0 Å². The second-order valence-corrected chi connectivity index (χ2v) is 6.63. The molecular weight excluding hydrogens is 252 g/mol. The predicted octanol–water partition coefficient (Wildman–Crippen LogP) is 2.43. The van der Waals surface area contributed by atoms with Crippen molar-refractivity contribution >= 4 is 5.97 Å². The summed E-state index contributed by atoms with van der Waals surface area (Å²) < 4.78 is 0. The van der Waals surface area contributed by atoms with Crippen molar-refractivity contribution in [3.63, 3.8) is 0 Å². The van der Waals surface area contributed by atoms with E-state index in [1.807, 2.05) is 0 Å². The monoisotopic (exact) mass is 282 g/mol. The van der Waals surface area contributed by atoms with Crippen LogP contribution in [-0.4, -0.2) is 58.6 Å². The first kappa shape index (κ1) is 15.8. The molecular formula is C16H30N2O2. The number of likely N-dealkylation sites (tertiary alicyclic amines) is 2. The highest BCUT2D eigenvalue weighted by Gasteiger charge is 2.37. The van der Waals surface area contributed by atoms with Crippen molar-refractivity contribution in [1.29, 1.82) is 0 Å². The van der Waals surface area contributed by atoms with E-state index in [4.69, 9.17) is 0 Å². The van der Waals surface area contributed by atoms with Crippen LogP contribution in [0.5, 0.6) is 0 Å². The van der Waals surface area contributed by atoms with Crippen molar-refractivity contribution < 1.29 is 9.90 Å². The first-order valence-corrected chi connectivity index (χ1v) is 8.27. The Morgan fingerprint density at radius 1 is 1.20 bits per heavy atom. The standard InChI is InChI=1S/C16H30N2O2/c1-4-12(2)13(3)17-10-7-14(8-11-17)18-9-5-6-15(18)16(19)20/h12-15H,4-11H2,1-3H3,(H,19,20). The summed E-state index contributed by atoms with van der Waals surface area (Å²) in [6, 6.07) is 0.910. The van der Waals surface area contributed by atoms with Gasteiger partial charge in [0, 0.05) is 12.1 Å². The van der Waals surface area contributed by atoms with E-state index in [0.717, 1.165) is 51.2 Å². The maximum Gasteiger partial charge on any atom is 0.320 e. The Morgan fingerprint density at radius 3 is 2.40 bits per heavy atom. The predicted molar refractivity (Wildman–Crippen MR) is 80.9 cm³/mol. The number of nitrogens with zero attached hydrogens (tertiary/aromatic N) is 2. The lowest BCUT2D eigenvalue weighted by Crippen LogP contribution is -2.51. The minimum absolute atomic E-state index is 0.224. The molecule has 2 fully saturated rings. The highest BCUT2D eigenvalue weighted by Crippen LogP contribution is 2.28. The third kappa shape index (κ3) is 3.34. The van der Waals surface area contributed by atoms with Gasteiger partial charge in [0.25, 0.3) is 0 Å². The Morgan fingerprint density at radius 2 is 1.85 bits per heavy atom. The molecule has 2 aliphatic rings. The summed E-state index contributed by atoms with van der Waals surface area (Å²) in [6.45, 7) is 10.2. The molecule has 2 rings (SSSR count). The van der Waals surface area contributed by atoms with Crippen LogP contribution in [0.2, 0.25) is 0 Å². The normalized spacial score (nSPS) is 29.4. The van der Waals surface area contributed by atoms with Gasteiger partial charge in [0.1, 0.15) is 6.04 Å². The number of hydrogen-bond donors (Lipinski definition) is 1. The molecule has 0 spiro atoms. The summed E-state index contributed by atoms with van der Waals surface area (Å²) in [5.74, 6) is 0.114. The van der Waals surface area contributed by atoms with Crippen LogP contribution < -0.4 is 0 Å². The number of rotatable bonds is 5. The van der Waals surface area contributed by atoms with E-state index in [2.05, 4.69) is 30.6 Å². The molecule has 0 radical (unpaired) electrons. The molecule has 2 heterocycles. The molecule has 0 bridgehead atoms. The highest BCUT2D eigenvalue weighted by molar-refractivity contribution is 5.73. The van der Waals surface area contributed by atoms with Gasteiger partial charge in [-0.15, -0.1) is 0 Å². The van der Waals surface area contributed by atoms with Crippen LogP contribution in [0.15, 0.2) is 0 Å². The van der Waals surface area contributed by atoms with Gasteiger partial charge < -0.3 is 10.0 Å². The molecule has 0 aromatic carbocycles. The molecule has 20 heavy (non-hydrogen) atoms. The zero-order chi connectivity index (χ0) is 14.7. The molecule has 4 heteroatoms. The number of carbonyl (C=O) groups is 1. The molecule has 2 saturated heterocycles. The second-order valence-electron chi connectivity index (χ2n) is 6.63. The second kappa shape index (κ2) is 6.90. The largest absolute Gasteiger partial charge is 0.480 e. The number of aliphatic carboxylic acids is 1. The summed E-state index contributed by atoms with van der Waals surface area (Å²) >= 11 is 0. The van der Waals surface area contributed by atoms with E-state index >= 15 is 0 Å². The first-order valence-electron chi connectivity index (χ1n) is 8.27. The van der Waals surface area contributed by atoms with Gasteiger partial charge in [-0.2, -0.15) is 0 Å². The smallest absolute Gasteiger partial charge is 0.320 e. The van der Waals surface area contributed by atoms with Gasteiger partial charge in [-0.25, -0.2) is 0 Å². The quantitative estimate of drug-likeness (QED) is 0.841. The molecule has 3 atom stereocenters. The minimum atomic E-state index is -0.627. The average molecular weight is 282 g/mol. The van der Waals surface area contributed by atoms with Gasteiger partial charge in [-0.3, -0.25) is 9.69 Å². The lowest BCUT2D eigenvalue weighted by atomic mass is 9.95. The first-order chi connectivity index (χ1) is 9.54. The fourth-order valence-corrected chi connectivity index (χ4v) is 3.82. The lowest BCUT2D eigenvalue weighted by molar-refractivity contribution is -0.143. The van der Waals surface area contributed by atoms with Gasteiger partial charge in [0.05, 0.1) is 0 Å². The number of carboxylic acids is 1. The van der Waals surface area contributed by atoms with E-state index in [9.17, 15) is 9.90 Å². The van der Waals surface area contributed by atoms with Gasteiger partial charge in [0.15, 0.2) is 0 Å². The fourth-order valence-electron chi connectivity index (χ4n) is 3.82. The van der Waals surface area contributed by atoms with E-state index in [1.54, 1.807) is 0 Å². The molecule has 0 amide bonds. The molecule has 4 nitrogen and oxygen atoms in total. The zero-order valence-electron chi connectivity index (χ0n) is 13.2. The Kier molecular flexibility index (Phi) is 5.44. The molecule has 3 unspecified atom stereocenters. The van der Waals surface area contributed by atoms with Crippen LogP contribution in [0.25, 0.3) is 0 Å². The third-order valence-electron chi connectivity index (χ3n) is 5.59. The van der Waals surface area contributed by atoms with Gasteiger partial charge in [-0.1, -0.05) is 20.3 Å². The van der Waals surface area contributed by atoms with E-state index in [0.29, 0.717) is 12.1 Å². The van der Waals surface area contributed by atoms with Crippen molar-refractivity contribution in [2.24, 2.45) is 5.92 Å². The van der Waals surface area contributed by atoms with Gasteiger partial charge >= 0.3 is 5.97 Å². The molecule has 0 saturated carbocycles. The topological polar surface area (TPSA) is 43.8 Å². The van der Waals surface area contributed by atoms with Crippen LogP contribution >= 0.6 is 0 Å². The SMILES string of the molecule is CCC(C)C(C)N1CCC(N2CCCC2C(=O)O)CC1. The Labute approximate surface area is 123 Å². The molecule has 1 N–H and O–H groups in total. The summed E-state index contributed by atoms with van der Waals surface area (Å²) in [7, 11) is 0. The van der Waals surface area contributed by atoms with E-state index < -0.39 is 5.97 Å². The summed E-state index contributed by atoms with van der Waals surface area (Å²) in [6.07, 6.45) is 5.36. The minimum Gasteiger partial charge on any atom is -0.480 e. The van der Waals surface area contributed by atoms with Crippen molar-refractivity contribution in [3.8, 4) is 0 Å². The molecule has 0 aliphatic carbocycles. The van der Waals surface area contributed by atoms with Crippen molar-refractivity contribution in [1.82, 2.24) is 9.80 Å². The lowest BCUT2D eigenvalue weighted by Gasteiger charge is -2.42. The van der Waals surface area contributed by atoms with Crippen LogP contribution in [0, 0.1) is 5.92 Å². The van der Waals surface area contributed by atoms with Gasteiger partial charge in [0.2, 0.25) is 0 Å². The fraction of sp³-hybridized carbons (Fsp3) is 0.938.